The lowest BCUT2D eigenvalue weighted by Gasteiger charge is -2.17. The molecule has 5 heteroatoms. The van der Waals surface area contributed by atoms with Gasteiger partial charge in [0.25, 0.3) is 5.56 Å². The van der Waals surface area contributed by atoms with Crippen molar-refractivity contribution in [2.75, 3.05) is 0 Å². The molecule has 0 saturated heterocycles. The quantitative estimate of drug-likeness (QED) is 0.560. The molecule has 0 aliphatic rings. The minimum absolute atomic E-state index is 0.0357. The number of aromatic nitrogens is 3. The minimum atomic E-state index is -0.294. The third kappa shape index (κ3) is 2.35. The maximum Gasteiger partial charge on any atom is 0.252 e. The van der Waals surface area contributed by atoms with E-state index < -0.39 is 0 Å². The Labute approximate surface area is 143 Å². The van der Waals surface area contributed by atoms with E-state index in [2.05, 4.69) is 15.2 Å². The molecule has 0 bridgehead atoms. The Morgan fingerprint density at radius 1 is 1.12 bits per heavy atom. The summed E-state index contributed by atoms with van der Waals surface area (Å²) in [6.07, 6.45) is 1.77. The van der Waals surface area contributed by atoms with Crippen LogP contribution in [0, 0.1) is 12.7 Å². The number of rotatable bonds is 2. The fraction of sp³-hybridized carbons (Fsp3) is 0.200. The number of nitrogens with one attached hydrogen (secondary N) is 2. The van der Waals surface area contributed by atoms with Crippen molar-refractivity contribution in [1.82, 2.24) is 15.2 Å². The summed E-state index contributed by atoms with van der Waals surface area (Å²) in [5.41, 5.74) is 4.94. The van der Waals surface area contributed by atoms with Crippen LogP contribution in [0.25, 0.3) is 32.9 Å². The number of nitrogens with zero attached hydrogens (tertiary/aromatic N) is 1. The van der Waals surface area contributed by atoms with E-state index in [-0.39, 0.29) is 17.3 Å². The number of pyridine rings is 1. The van der Waals surface area contributed by atoms with E-state index in [0.29, 0.717) is 5.56 Å². The number of hydrogen-bond acceptors (Lipinski definition) is 2. The highest BCUT2D eigenvalue weighted by Crippen LogP contribution is 2.36. The van der Waals surface area contributed by atoms with Crippen molar-refractivity contribution >= 4 is 21.8 Å². The molecular formula is C20H18FN3O. The lowest BCUT2D eigenvalue weighted by atomic mass is 9.89. The van der Waals surface area contributed by atoms with E-state index >= 15 is 0 Å². The van der Waals surface area contributed by atoms with Gasteiger partial charge in [0, 0.05) is 16.3 Å². The van der Waals surface area contributed by atoms with E-state index in [1.807, 2.05) is 26.8 Å². The van der Waals surface area contributed by atoms with E-state index in [4.69, 9.17) is 0 Å². The molecule has 2 aromatic heterocycles. The highest BCUT2D eigenvalue weighted by Gasteiger charge is 2.19. The molecule has 4 rings (SSSR count). The van der Waals surface area contributed by atoms with Crippen LogP contribution in [0.5, 0.6) is 0 Å². The number of aromatic amines is 2. The number of H-pyrrole nitrogens is 2. The number of fused-ring (bicyclic) bond motifs is 2. The molecule has 0 spiro atoms. The van der Waals surface area contributed by atoms with Crippen molar-refractivity contribution in [2.45, 2.75) is 26.7 Å². The number of hydrogen-bond donors (Lipinski definition) is 2. The van der Waals surface area contributed by atoms with Crippen LogP contribution in [0.2, 0.25) is 0 Å². The predicted octanol–water partition coefficient (Wildman–Crippen LogP) is 4.64. The topological polar surface area (TPSA) is 61.5 Å². The van der Waals surface area contributed by atoms with Gasteiger partial charge < -0.3 is 4.98 Å². The number of aryl methyl sites for hydroxylation is 1. The van der Waals surface area contributed by atoms with Crippen molar-refractivity contribution in [3.63, 3.8) is 0 Å². The van der Waals surface area contributed by atoms with Gasteiger partial charge in [-0.25, -0.2) is 4.39 Å². The molecule has 0 amide bonds. The molecule has 0 saturated carbocycles. The summed E-state index contributed by atoms with van der Waals surface area (Å²) in [5.74, 6) is -0.258. The Kier molecular flexibility index (Phi) is 3.46. The first-order valence-electron chi connectivity index (χ1n) is 8.26. The molecule has 0 radical (unpaired) electrons. The van der Waals surface area contributed by atoms with Gasteiger partial charge in [-0.1, -0.05) is 26.0 Å². The number of halogens is 1. The second-order valence-corrected chi connectivity index (χ2v) is 6.66. The van der Waals surface area contributed by atoms with Gasteiger partial charge in [0.2, 0.25) is 0 Å². The molecule has 0 unspecified atom stereocenters. The van der Waals surface area contributed by atoms with Crippen LogP contribution in [0.15, 0.2) is 41.3 Å². The first-order chi connectivity index (χ1) is 12.0. The minimum Gasteiger partial charge on any atom is -0.321 e. The zero-order valence-corrected chi connectivity index (χ0v) is 14.3. The molecule has 2 aromatic carbocycles. The fourth-order valence-corrected chi connectivity index (χ4v) is 3.54. The molecular weight excluding hydrogens is 317 g/mol. The average Bonchev–Trinajstić information content (AvgIpc) is 3.04. The normalized spacial score (nSPS) is 11.7. The predicted molar refractivity (Wildman–Crippen MR) is 98.4 cm³/mol. The molecule has 0 atom stereocenters. The Morgan fingerprint density at radius 3 is 2.52 bits per heavy atom. The maximum atomic E-state index is 13.4. The molecule has 126 valence electrons. The van der Waals surface area contributed by atoms with Crippen molar-refractivity contribution in [3.05, 3.63) is 63.8 Å². The van der Waals surface area contributed by atoms with Crippen LogP contribution < -0.4 is 5.56 Å². The molecule has 2 heterocycles. The third-order valence-corrected chi connectivity index (χ3v) is 4.72. The maximum absolute atomic E-state index is 13.4. The first kappa shape index (κ1) is 15.6. The largest absolute Gasteiger partial charge is 0.321 e. The second-order valence-electron chi connectivity index (χ2n) is 6.66. The molecule has 0 aliphatic heterocycles. The van der Waals surface area contributed by atoms with E-state index in [0.717, 1.165) is 38.5 Å². The van der Waals surface area contributed by atoms with Crippen LogP contribution >= 0.6 is 0 Å². The summed E-state index contributed by atoms with van der Waals surface area (Å²) in [6, 6.07) is 8.34. The van der Waals surface area contributed by atoms with Gasteiger partial charge in [-0.2, -0.15) is 5.10 Å². The van der Waals surface area contributed by atoms with Crippen LogP contribution in [-0.2, 0) is 0 Å². The summed E-state index contributed by atoms with van der Waals surface area (Å²) in [6.45, 7) is 5.95. The highest BCUT2D eigenvalue weighted by molar-refractivity contribution is 6.05. The molecule has 25 heavy (non-hydrogen) atoms. The fourth-order valence-electron chi connectivity index (χ4n) is 3.54. The average molecular weight is 335 g/mol. The molecule has 4 aromatic rings. The number of benzene rings is 2. The first-order valence-corrected chi connectivity index (χ1v) is 8.26. The van der Waals surface area contributed by atoms with Gasteiger partial charge in [-0.3, -0.25) is 9.89 Å². The van der Waals surface area contributed by atoms with Gasteiger partial charge in [0.05, 0.1) is 17.2 Å². The van der Waals surface area contributed by atoms with Crippen LogP contribution in [0.4, 0.5) is 4.39 Å². The summed E-state index contributed by atoms with van der Waals surface area (Å²) in [4.78, 5) is 15.8. The SMILES string of the molecule is Cc1c2[nH]ncc2cc2c(-c3ccc(F)cc3)c(C(C)C)c(=O)[nH]c12. The molecule has 4 nitrogen and oxygen atoms in total. The Bertz CT molecular complexity index is 1150. The van der Waals surface area contributed by atoms with Crippen LogP contribution in [0.1, 0.15) is 30.9 Å². The Morgan fingerprint density at radius 2 is 1.84 bits per heavy atom. The van der Waals surface area contributed by atoms with Gasteiger partial charge >= 0.3 is 0 Å². The molecule has 2 N–H and O–H groups in total. The van der Waals surface area contributed by atoms with Crippen molar-refractivity contribution in [1.29, 1.82) is 0 Å². The van der Waals surface area contributed by atoms with Crippen molar-refractivity contribution in [3.8, 4) is 11.1 Å². The van der Waals surface area contributed by atoms with E-state index in [9.17, 15) is 9.18 Å². The van der Waals surface area contributed by atoms with Gasteiger partial charge in [0.1, 0.15) is 5.82 Å². The van der Waals surface area contributed by atoms with Crippen LogP contribution in [0.3, 0.4) is 0 Å². The molecule has 0 fully saturated rings. The third-order valence-electron chi connectivity index (χ3n) is 4.72. The monoisotopic (exact) mass is 335 g/mol. The van der Waals surface area contributed by atoms with Gasteiger partial charge in [-0.05, 0) is 47.7 Å². The van der Waals surface area contributed by atoms with Gasteiger partial charge in [-0.15, -0.1) is 0 Å². The Hall–Kier alpha value is -2.95. The lowest BCUT2D eigenvalue weighted by molar-refractivity contribution is 0.628. The second kappa shape index (κ2) is 5.55. The molecule has 0 aliphatic carbocycles. The standard InChI is InChI=1S/C20H18FN3O/c1-10(2)16-17(12-4-6-14(21)7-5-12)15-8-13-9-22-24-18(13)11(3)19(15)23-20(16)25/h4-10H,1-3H3,(H,22,24)(H,23,25). The zero-order valence-electron chi connectivity index (χ0n) is 14.3. The summed E-state index contributed by atoms with van der Waals surface area (Å²) in [5, 5.41) is 9.02. The summed E-state index contributed by atoms with van der Waals surface area (Å²) >= 11 is 0. The smallest absolute Gasteiger partial charge is 0.252 e. The van der Waals surface area contributed by atoms with E-state index in [1.165, 1.54) is 12.1 Å². The van der Waals surface area contributed by atoms with Crippen LogP contribution in [-0.4, -0.2) is 15.2 Å². The van der Waals surface area contributed by atoms with Gasteiger partial charge in [0.15, 0.2) is 0 Å². The summed E-state index contributed by atoms with van der Waals surface area (Å²) in [7, 11) is 0. The summed E-state index contributed by atoms with van der Waals surface area (Å²) < 4.78 is 13.4. The van der Waals surface area contributed by atoms with Crippen molar-refractivity contribution in [2.24, 2.45) is 0 Å². The van der Waals surface area contributed by atoms with E-state index in [1.54, 1.807) is 18.3 Å². The van der Waals surface area contributed by atoms with Crippen molar-refractivity contribution < 1.29 is 4.39 Å². The lowest BCUT2D eigenvalue weighted by Crippen LogP contribution is -2.16. The highest BCUT2D eigenvalue weighted by atomic mass is 19.1. The Balaban J connectivity index is 2.23. The zero-order chi connectivity index (χ0) is 17.7.